The van der Waals surface area contributed by atoms with E-state index in [1.807, 2.05) is 12.1 Å². The number of anilines is 1. The van der Waals surface area contributed by atoms with Crippen LogP contribution in [0.25, 0.3) is 0 Å². The van der Waals surface area contributed by atoms with Crippen LogP contribution >= 0.6 is 0 Å². The largest absolute Gasteiger partial charge is 0.348 e. The van der Waals surface area contributed by atoms with Gasteiger partial charge in [-0.3, -0.25) is 0 Å². The van der Waals surface area contributed by atoms with Crippen molar-refractivity contribution in [3.8, 4) is 6.07 Å². The standard InChI is InChI=1S/C17H17N3/c1-13-5-2-6-14(11-13)16-8-4-10-20(16)17-15(12-18)7-3-9-19-17/h2-3,5-7,9,11,16H,4,8,10H2,1H3. The minimum absolute atomic E-state index is 0.330. The minimum atomic E-state index is 0.330. The molecule has 1 aliphatic rings. The van der Waals surface area contributed by atoms with E-state index in [1.165, 1.54) is 11.1 Å². The van der Waals surface area contributed by atoms with Gasteiger partial charge >= 0.3 is 0 Å². The molecule has 2 aromatic rings. The fourth-order valence-corrected chi connectivity index (χ4v) is 2.96. The number of hydrogen-bond donors (Lipinski definition) is 0. The lowest BCUT2D eigenvalue weighted by molar-refractivity contribution is 0.710. The first kappa shape index (κ1) is 12.7. The maximum atomic E-state index is 9.26. The van der Waals surface area contributed by atoms with Gasteiger partial charge in [-0.25, -0.2) is 4.98 Å². The van der Waals surface area contributed by atoms with E-state index in [1.54, 1.807) is 6.20 Å². The van der Waals surface area contributed by atoms with Crippen LogP contribution in [0.1, 0.15) is 35.6 Å². The first-order valence-electron chi connectivity index (χ1n) is 6.98. The smallest absolute Gasteiger partial charge is 0.146 e. The van der Waals surface area contributed by atoms with Gasteiger partial charge in [-0.05, 0) is 37.5 Å². The predicted molar refractivity (Wildman–Crippen MR) is 79.5 cm³/mol. The van der Waals surface area contributed by atoms with Gasteiger partial charge in [-0.2, -0.15) is 5.26 Å². The van der Waals surface area contributed by atoms with Crippen molar-refractivity contribution in [3.05, 3.63) is 59.3 Å². The van der Waals surface area contributed by atoms with Gasteiger partial charge < -0.3 is 4.90 Å². The first-order valence-corrected chi connectivity index (χ1v) is 6.98. The summed E-state index contributed by atoms with van der Waals surface area (Å²) in [6.45, 7) is 3.08. The molecule has 100 valence electrons. The summed E-state index contributed by atoms with van der Waals surface area (Å²) in [4.78, 5) is 6.70. The summed E-state index contributed by atoms with van der Waals surface area (Å²) in [5, 5.41) is 9.26. The number of nitrogens with zero attached hydrogens (tertiary/aromatic N) is 3. The minimum Gasteiger partial charge on any atom is -0.348 e. The predicted octanol–water partition coefficient (Wildman–Crippen LogP) is 3.60. The lowest BCUT2D eigenvalue weighted by atomic mass is 10.0. The van der Waals surface area contributed by atoms with E-state index in [-0.39, 0.29) is 0 Å². The zero-order chi connectivity index (χ0) is 13.9. The number of nitriles is 1. The fraction of sp³-hybridized carbons (Fsp3) is 0.294. The Labute approximate surface area is 119 Å². The van der Waals surface area contributed by atoms with Crippen LogP contribution in [-0.4, -0.2) is 11.5 Å². The number of aromatic nitrogens is 1. The van der Waals surface area contributed by atoms with Crippen LogP contribution in [0.4, 0.5) is 5.82 Å². The Balaban J connectivity index is 1.99. The van der Waals surface area contributed by atoms with Crippen LogP contribution in [0.2, 0.25) is 0 Å². The molecule has 3 rings (SSSR count). The molecule has 1 saturated heterocycles. The number of pyridine rings is 1. The highest BCUT2D eigenvalue weighted by Crippen LogP contribution is 2.36. The highest BCUT2D eigenvalue weighted by atomic mass is 15.2. The zero-order valence-corrected chi connectivity index (χ0v) is 11.6. The molecule has 1 aromatic carbocycles. The Bertz CT molecular complexity index is 657. The van der Waals surface area contributed by atoms with Crippen LogP contribution in [-0.2, 0) is 0 Å². The van der Waals surface area contributed by atoms with Gasteiger partial charge in [0.1, 0.15) is 11.9 Å². The molecule has 0 spiro atoms. The third-order valence-corrected chi connectivity index (χ3v) is 3.86. The maximum Gasteiger partial charge on any atom is 0.146 e. The van der Waals surface area contributed by atoms with Crippen molar-refractivity contribution in [1.29, 1.82) is 5.26 Å². The number of rotatable bonds is 2. The van der Waals surface area contributed by atoms with Crippen LogP contribution < -0.4 is 4.90 Å². The molecule has 3 nitrogen and oxygen atoms in total. The summed E-state index contributed by atoms with van der Waals surface area (Å²) in [6, 6.07) is 14.9. The van der Waals surface area contributed by atoms with Gasteiger partial charge in [0.2, 0.25) is 0 Å². The van der Waals surface area contributed by atoms with Gasteiger partial charge in [0, 0.05) is 12.7 Å². The molecule has 1 atom stereocenters. The average Bonchev–Trinajstić information content (AvgIpc) is 2.96. The summed E-state index contributed by atoms with van der Waals surface area (Å²) < 4.78 is 0. The second-order valence-corrected chi connectivity index (χ2v) is 5.25. The van der Waals surface area contributed by atoms with E-state index < -0.39 is 0 Å². The van der Waals surface area contributed by atoms with Crippen molar-refractivity contribution < 1.29 is 0 Å². The lowest BCUT2D eigenvalue weighted by Crippen LogP contribution is -2.24. The SMILES string of the molecule is Cc1cccc(C2CCCN2c2ncccc2C#N)c1. The number of aryl methyl sites for hydroxylation is 1. The van der Waals surface area contributed by atoms with E-state index in [9.17, 15) is 5.26 Å². The van der Waals surface area contributed by atoms with Crippen molar-refractivity contribution in [3.63, 3.8) is 0 Å². The van der Waals surface area contributed by atoms with Crippen LogP contribution in [0.15, 0.2) is 42.6 Å². The molecule has 0 aliphatic carbocycles. The molecule has 0 N–H and O–H groups in total. The Morgan fingerprint density at radius 2 is 2.20 bits per heavy atom. The fourth-order valence-electron chi connectivity index (χ4n) is 2.96. The molecular formula is C17H17N3. The highest BCUT2D eigenvalue weighted by Gasteiger charge is 2.28. The first-order chi connectivity index (χ1) is 9.79. The second kappa shape index (κ2) is 5.34. The quantitative estimate of drug-likeness (QED) is 0.831. The van der Waals surface area contributed by atoms with Gasteiger partial charge in [-0.15, -0.1) is 0 Å². The van der Waals surface area contributed by atoms with Crippen LogP contribution in [0.3, 0.4) is 0 Å². The second-order valence-electron chi connectivity index (χ2n) is 5.25. The Morgan fingerprint density at radius 3 is 3.00 bits per heavy atom. The Morgan fingerprint density at radius 1 is 1.30 bits per heavy atom. The third-order valence-electron chi connectivity index (χ3n) is 3.86. The highest BCUT2D eigenvalue weighted by molar-refractivity contribution is 5.55. The summed E-state index contributed by atoms with van der Waals surface area (Å²) in [5.74, 6) is 0.819. The summed E-state index contributed by atoms with van der Waals surface area (Å²) >= 11 is 0. The summed E-state index contributed by atoms with van der Waals surface area (Å²) in [6.07, 6.45) is 4.02. The van der Waals surface area contributed by atoms with E-state index >= 15 is 0 Å². The molecule has 2 heterocycles. The molecule has 0 amide bonds. The molecule has 1 fully saturated rings. The van der Waals surface area contributed by atoms with Crippen molar-refractivity contribution in [1.82, 2.24) is 4.98 Å². The van der Waals surface area contributed by atoms with E-state index in [2.05, 4.69) is 47.1 Å². The molecule has 1 aromatic heterocycles. The number of hydrogen-bond acceptors (Lipinski definition) is 3. The molecule has 1 unspecified atom stereocenters. The van der Waals surface area contributed by atoms with Crippen LogP contribution in [0.5, 0.6) is 0 Å². The molecule has 1 aliphatic heterocycles. The molecule has 0 bridgehead atoms. The molecule has 0 radical (unpaired) electrons. The monoisotopic (exact) mass is 263 g/mol. The van der Waals surface area contributed by atoms with E-state index in [0.29, 0.717) is 11.6 Å². The molecular weight excluding hydrogens is 246 g/mol. The maximum absolute atomic E-state index is 9.26. The van der Waals surface area contributed by atoms with Gasteiger partial charge in [0.25, 0.3) is 0 Å². The van der Waals surface area contributed by atoms with Crippen molar-refractivity contribution in [2.75, 3.05) is 11.4 Å². The Kier molecular flexibility index (Phi) is 3.39. The lowest BCUT2D eigenvalue weighted by Gasteiger charge is -2.27. The topological polar surface area (TPSA) is 39.9 Å². The van der Waals surface area contributed by atoms with Crippen LogP contribution in [0, 0.1) is 18.3 Å². The van der Waals surface area contributed by atoms with Gasteiger partial charge in [0.05, 0.1) is 11.6 Å². The zero-order valence-electron chi connectivity index (χ0n) is 11.6. The molecule has 20 heavy (non-hydrogen) atoms. The van der Waals surface area contributed by atoms with E-state index in [4.69, 9.17) is 0 Å². The number of benzene rings is 1. The third kappa shape index (κ3) is 2.25. The summed E-state index contributed by atoms with van der Waals surface area (Å²) in [5.41, 5.74) is 3.25. The normalized spacial score (nSPS) is 18.0. The van der Waals surface area contributed by atoms with Crippen molar-refractivity contribution in [2.24, 2.45) is 0 Å². The average molecular weight is 263 g/mol. The van der Waals surface area contributed by atoms with Gasteiger partial charge in [0.15, 0.2) is 0 Å². The molecule has 3 heteroatoms. The van der Waals surface area contributed by atoms with Crippen molar-refractivity contribution in [2.45, 2.75) is 25.8 Å². The van der Waals surface area contributed by atoms with E-state index in [0.717, 1.165) is 25.2 Å². The molecule has 0 saturated carbocycles. The van der Waals surface area contributed by atoms with Gasteiger partial charge in [-0.1, -0.05) is 29.8 Å². The summed E-state index contributed by atoms with van der Waals surface area (Å²) in [7, 11) is 0. The Hall–Kier alpha value is -2.34. The van der Waals surface area contributed by atoms with Crippen molar-refractivity contribution >= 4 is 5.82 Å².